The maximum absolute atomic E-state index is 12.1. The third-order valence-electron chi connectivity index (χ3n) is 2.95. The van der Waals surface area contributed by atoms with Crippen molar-refractivity contribution in [2.45, 2.75) is 5.75 Å². The molecule has 3 aromatic rings. The number of hydrogen-bond donors (Lipinski definition) is 3. The van der Waals surface area contributed by atoms with E-state index >= 15 is 0 Å². The van der Waals surface area contributed by atoms with E-state index in [0.29, 0.717) is 16.8 Å². The minimum absolute atomic E-state index is 0.158. The fraction of sp³-hybridized carbons (Fsp3) is 0.0714. The second-order valence-electron chi connectivity index (χ2n) is 4.71. The molecule has 0 fully saturated rings. The summed E-state index contributed by atoms with van der Waals surface area (Å²) in [6.07, 6.45) is 0. The first-order valence-corrected chi connectivity index (χ1v) is 7.97. The van der Waals surface area contributed by atoms with Gasteiger partial charge in [-0.05, 0) is 29.8 Å². The molecule has 0 saturated carbocycles. The van der Waals surface area contributed by atoms with Crippen molar-refractivity contribution in [3.63, 3.8) is 0 Å². The van der Waals surface area contributed by atoms with Gasteiger partial charge in [-0.2, -0.15) is 0 Å². The van der Waals surface area contributed by atoms with Gasteiger partial charge in [0.2, 0.25) is 16.0 Å². The van der Waals surface area contributed by atoms with Crippen LogP contribution in [0.4, 0.5) is 11.6 Å². The van der Waals surface area contributed by atoms with Crippen molar-refractivity contribution < 1.29 is 8.42 Å². The number of rotatable bonds is 4. The number of benzene rings is 2. The molecular formula is C14H14N4O2S. The van der Waals surface area contributed by atoms with Gasteiger partial charge in [0, 0.05) is 5.69 Å². The highest BCUT2D eigenvalue weighted by Crippen LogP contribution is 2.16. The monoisotopic (exact) mass is 302 g/mol. The molecular weight excluding hydrogens is 288 g/mol. The van der Waals surface area contributed by atoms with E-state index in [0.717, 1.165) is 5.52 Å². The summed E-state index contributed by atoms with van der Waals surface area (Å²) in [6.45, 7) is 0. The van der Waals surface area contributed by atoms with E-state index in [-0.39, 0.29) is 11.7 Å². The average Bonchev–Trinajstić information content (AvgIpc) is 2.79. The smallest absolute Gasteiger partial charge is 0.239 e. The number of aromatic amines is 1. The Bertz CT molecular complexity index is 854. The molecule has 7 heteroatoms. The Hall–Kier alpha value is -2.54. The van der Waals surface area contributed by atoms with Crippen LogP contribution in [0.1, 0.15) is 5.56 Å². The standard InChI is InChI=1S/C14H14N4O2S/c15-11-5-3-4-10(8-11)9-21(19,20)18-14-16-12-6-1-2-7-13(12)17-14/h1-8H,9,15H2,(H2,16,17,18). The Morgan fingerprint density at radius 3 is 2.71 bits per heavy atom. The van der Waals surface area contributed by atoms with Gasteiger partial charge in [0.15, 0.2) is 0 Å². The van der Waals surface area contributed by atoms with E-state index in [1.54, 1.807) is 24.3 Å². The van der Waals surface area contributed by atoms with Gasteiger partial charge in [-0.25, -0.2) is 13.4 Å². The van der Waals surface area contributed by atoms with Crippen LogP contribution in [0.25, 0.3) is 11.0 Å². The van der Waals surface area contributed by atoms with Crippen LogP contribution in [0.5, 0.6) is 0 Å². The van der Waals surface area contributed by atoms with E-state index < -0.39 is 10.0 Å². The fourth-order valence-corrected chi connectivity index (χ4v) is 3.17. The lowest BCUT2D eigenvalue weighted by molar-refractivity contribution is 0.600. The molecule has 0 unspecified atom stereocenters. The molecule has 1 heterocycles. The Morgan fingerprint density at radius 1 is 1.14 bits per heavy atom. The SMILES string of the molecule is Nc1cccc(CS(=O)(=O)Nc2nc3ccccc3[nH]2)c1. The van der Waals surface area contributed by atoms with Crippen molar-refractivity contribution in [2.24, 2.45) is 0 Å². The maximum atomic E-state index is 12.1. The Balaban J connectivity index is 1.82. The first-order valence-electron chi connectivity index (χ1n) is 6.31. The Labute approximate surface area is 122 Å². The summed E-state index contributed by atoms with van der Waals surface area (Å²) in [5.41, 5.74) is 8.29. The van der Waals surface area contributed by atoms with Crippen molar-refractivity contribution in [1.29, 1.82) is 0 Å². The number of H-pyrrole nitrogens is 1. The molecule has 0 bridgehead atoms. The van der Waals surface area contributed by atoms with Crippen LogP contribution in [0, 0.1) is 0 Å². The van der Waals surface area contributed by atoms with E-state index in [1.165, 1.54) is 0 Å². The molecule has 108 valence electrons. The van der Waals surface area contributed by atoms with Gasteiger partial charge in [0.05, 0.1) is 16.8 Å². The summed E-state index contributed by atoms with van der Waals surface area (Å²) in [5.74, 6) is 0.0508. The summed E-state index contributed by atoms with van der Waals surface area (Å²) in [7, 11) is -3.55. The summed E-state index contributed by atoms with van der Waals surface area (Å²) in [4.78, 5) is 7.11. The van der Waals surface area contributed by atoms with Crippen LogP contribution < -0.4 is 10.5 Å². The highest BCUT2D eigenvalue weighted by atomic mass is 32.2. The predicted molar refractivity (Wildman–Crippen MR) is 83.2 cm³/mol. The lowest BCUT2D eigenvalue weighted by Crippen LogP contribution is -2.16. The largest absolute Gasteiger partial charge is 0.399 e. The number of sulfonamides is 1. The molecule has 1 aromatic heterocycles. The number of nitrogens with one attached hydrogen (secondary N) is 2. The Morgan fingerprint density at radius 2 is 1.95 bits per heavy atom. The molecule has 0 saturated heterocycles. The molecule has 0 radical (unpaired) electrons. The van der Waals surface area contributed by atoms with Crippen LogP contribution in [0.2, 0.25) is 0 Å². The number of fused-ring (bicyclic) bond motifs is 1. The van der Waals surface area contributed by atoms with Gasteiger partial charge in [-0.3, -0.25) is 4.72 Å². The molecule has 21 heavy (non-hydrogen) atoms. The zero-order valence-corrected chi connectivity index (χ0v) is 11.9. The molecule has 3 rings (SSSR count). The van der Waals surface area contributed by atoms with Gasteiger partial charge in [-0.1, -0.05) is 24.3 Å². The van der Waals surface area contributed by atoms with E-state index in [1.807, 2.05) is 24.3 Å². The van der Waals surface area contributed by atoms with Crippen LogP contribution in [0.15, 0.2) is 48.5 Å². The van der Waals surface area contributed by atoms with Crippen molar-refractivity contribution in [1.82, 2.24) is 9.97 Å². The van der Waals surface area contributed by atoms with Crippen molar-refractivity contribution in [2.75, 3.05) is 10.5 Å². The number of nitrogen functional groups attached to an aromatic ring is 1. The topological polar surface area (TPSA) is 101 Å². The number of nitrogens with zero attached hydrogens (tertiary/aromatic N) is 1. The summed E-state index contributed by atoms with van der Waals surface area (Å²) >= 11 is 0. The second kappa shape index (κ2) is 5.10. The summed E-state index contributed by atoms with van der Waals surface area (Å²) in [5, 5.41) is 0. The molecule has 0 aliphatic carbocycles. The molecule has 0 atom stereocenters. The quantitative estimate of drug-likeness (QED) is 0.642. The van der Waals surface area contributed by atoms with Crippen LogP contribution in [0.3, 0.4) is 0 Å². The number of anilines is 2. The van der Waals surface area contributed by atoms with Gasteiger partial charge >= 0.3 is 0 Å². The number of hydrogen-bond acceptors (Lipinski definition) is 4. The van der Waals surface area contributed by atoms with Gasteiger partial charge in [0.1, 0.15) is 0 Å². The summed E-state index contributed by atoms with van der Waals surface area (Å²) in [6, 6.07) is 14.1. The second-order valence-corrected chi connectivity index (χ2v) is 6.43. The minimum Gasteiger partial charge on any atom is -0.399 e. The minimum atomic E-state index is -3.55. The van der Waals surface area contributed by atoms with E-state index in [2.05, 4.69) is 14.7 Å². The zero-order chi connectivity index (χ0) is 14.9. The molecule has 4 N–H and O–H groups in total. The van der Waals surface area contributed by atoms with Crippen molar-refractivity contribution in [3.05, 3.63) is 54.1 Å². The van der Waals surface area contributed by atoms with Gasteiger partial charge in [0.25, 0.3) is 0 Å². The van der Waals surface area contributed by atoms with Crippen LogP contribution in [-0.4, -0.2) is 18.4 Å². The highest BCUT2D eigenvalue weighted by molar-refractivity contribution is 7.91. The van der Waals surface area contributed by atoms with Gasteiger partial charge < -0.3 is 10.7 Å². The third-order valence-corrected chi connectivity index (χ3v) is 4.17. The third kappa shape index (κ3) is 3.14. The fourth-order valence-electron chi connectivity index (χ4n) is 2.09. The number of aromatic nitrogens is 2. The van der Waals surface area contributed by atoms with Crippen LogP contribution >= 0.6 is 0 Å². The first-order chi connectivity index (χ1) is 10.0. The van der Waals surface area contributed by atoms with E-state index in [4.69, 9.17) is 5.73 Å². The molecule has 0 spiro atoms. The highest BCUT2D eigenvalue weighted by Gasteiger charge is 2.14. The normalized spacial score (nSPS) is 11.6. The van der Waals surface area contributed by atoms with Crippen LogP contribution in [-0.2, 0) is 15.8 Å². The lowest BCUT2D eigenvalue weighted by atomic mass is 10.2. The van der Waals surface area contributed by atoms with Crippen molar-refractivity contribution in [3.8, 4) is 0 Å². The number of para-hydroxylation sites is 2. The van der Waals surface area contributed by atoms with E-state index in [9.17, 15) is 8.42 Å². The molecule has 0 aliphatic rings. The number of nitrogens with two attached hydrogens (primary N) is 1. The average molecular weight is 302 g/mol. The van der Waals surface area contributed by atoms with Gasteiger partial charge in [-0.15, -0.1) is 0 Å². The molecule has 0 aliphatic heterocycles. The molecule has 6 nitrogen and oxygen atoms in total. The maximum Gasteiger partial charge on any atom is 0.239 e. The molecule has 2 aromatic carbocycles. The first kappa shape index (κ1) is 13.4. The summed E-state index contributed by atoms with van der Waals surface area (Å²) < 4.78 is 26.7. The zero-order valence-electron chi connectivity index (χ0n) is 11.1. The lowest BCUT2D eigenvalue weighted by Gasteiger charge is -2.05. The Kier molecular flexibility index (Phi) is 3.26. The predicted octanol–water partition coefficient (Wildman–Crippen LogP) is 2.09. The molecule has 0 amide bonds. The number of imidazole rings is 1. The van der Waals surface area contributed by atoms with Crippen molar-refractivity contribution >= 4 is 32.7 Å².